The summed E-state index contributed by atoms with van der Waals surface area (Å²) in [5.74, 6) is 0.00588. The lowest BCUT2D eigenvalue weighted by Gasteiger charge is -2.03. The van der Waals surface area contributed by atoms with Crippen LogP contribution < -0.4 is 11.5 Å². The number of aliphatic imine (C=N–C) groups is 1. The number of nitrogens with zero attached hydrogens (tertiary/aromatic N) is 1. The minimum atomic E-state index is -0.277. The summed E-state index contributed by atoms with van der Waals surface area (Å²) in [7, 11) is 0. The van der Waals surface area contributed by atoms with Gasteiger partial charge in [-0.2, -0.15) is 4.99 Å². The van der Waals surface area contributed by atoms with Gasteiger partial charge in [0.05, 0.1) is 0 Å². The molecular weight excluding hydrogens is 164 g/mol. The van der Waals surface area contributed by atoms with E-state index in [-0.39, 0.29) is 11.8 Å². The summed E-state index contributed by atoms with van der Waals surface area (Å²) in [5.41, 5.74) is 12.6. The summed E-state index contributed by atoms with van der Waals surface area (Å²) in [5, 5.41) is 6.95. The number of hydrogen-bond donors (Lipinski definition) is 3. The molecule has 5 N–H and O–H groups in total. The van der Waals surface area contributed by atoms with E-state index in [9.17, 15) is 0 Å². The van der Waals surface area contributed by atoms with Crippen molar-refractivity contribution in [1.82, 2.24) is 0 Å². The molecule has 0 saturated carbocycles. The number of amidine groups is 1. The Morgan fingerprint density at radius 1 is 1.31 bits per heavy atom. The van der Waals surface area contributed by atoms with Gasteiger partial charge in [0.2, 0.25) is 5.96 Å². The van der Waals surface area contributed by atoms with E-state index < -0.39 is 0 Å². The van der Waals surface area contributed by atoms with Gasteiger partial charge in [0.1, 0.15) is 5.84 Å². The molecule has 68 valence electrons. The van der Waals surface area contributed by atoms with Crippen LogP contribution in [0.3, 0.4) is 0 Å². The number of nitrogens with one attached hydrogen (secondary N) is 1. The minimum absolute atomic E-state index is 0.277. The first-order valence-electron chi connectivity index (χ1n) is 3.85. The Labute approximate surface area is 76.8 Å². The van der Waals surface area contributed by atoms with Crippen molar-refractivity contribution < 1.29 is 0 Å². The van der Waals surface area contributed by atoms with Gasteiger partial charge in [0.15, 0.2) is 0 Å². The Morgan fingerprint density at radius 3 is 2.46 bits per heavy atom. The van der Waals surface area contributed by atoms with Gasteiger partial charge in [0, 0.05) is 5.56 Å². The maximum absolute atomic E-state index is 6.95. The van der Waals surface area contributed by atoms with E-state index in [1.165, 1.54) is 0 Å². The maximum Gasteiger partial charge on any atom is 0.214 e. The van der Waals surface area contributed by atoms with Crippen LogP contribution in [0.5, 0.6) is 0 Å². The molecule has 1 rings (SSSR count). The number of rotatable bonds is 1. The average Bonchev–Trinajstić information content (AvgIpc) is 2.03. The largest absolute Gasteiger partial charge is 0.383 e. The second-order valence-corrected chi connectivity index (χ2v) is 2.70. The van der Waals surface area contributed by atoms with Crippen LogP contribution in [0.1, 0.15) is 11.1 Å². The molecule has 0 atom stereocenters. The second kappa shape index (κ2) is 3.71. The van der Waals surface area contributed by atoms with Crippen LogP contribution in [0.4, 0.5) is 0 Å². The van der Waals surface area contributed by atoms with Gasteiger partial charge >= 0.3 is 0 Å². The van der Waals surface area contributed by atoms with Crippen molar-refractivity contribution >= 4 is 11.8 Å². The van der Waals surface area contributed by atoms with Crippen molar-refractivity contribution in [3.63, 3.8) is 0 Å². The van der Waals surface area contributed by atoms with Gasteiger partial charge in [-0.05, 0) is 12.5 Å². The third kappa shape index (κ3) is 2.30. The first-order chi connectivity index (χ1) is 6.11. The Morgan fingerprint density at radius 2 is 1.92 bits per heavy atom. The maximum atomic E-state index is 6.95. The van der Waals surface area contributed by atoms with Gasteiger partial charge in [-0.25, -0.2) is 0 Å². The van der Waals surface area contributed by atoms with Crippen molar-refractivity contribution in [3.8, 4) is 0 Å². The van der Waals surface area contributed by atoms with Crippen molar-refractivity contribution in [2.75, 3.05) is 0 Å². The van der Waals surface area contributed by atoms with Crippen molar-refractivity contribution in [2.45, 2.75) is 6.92 Å². The molecule has 0 spiro atoms. The highest BCUT2D eigenvalue weighted by atomic mass is 15.0. The third-order valence-electron chi connectivity index (χ3n) is 1.66. The highest BCUT2D eigenvalue weighted by Crippen LogP contribution is 2.05. The molecule has 0 aliphatic carbocycles. The molecule has 0 amide bonds. The van der Waals surface area contributed by atoms with E-state index in [0.29, 0.717) is 0 Å². The monoisotopic (exact) mass is 176 g/mol. The molecule has 4 nitrogen and oxygen atoms in total. The lowest BCUT2D eigenvalue weighted by molar-refractivity contribution is 1.35. The van der Waals surface area contributed by atoms with Gasteiger partial charge in [-0.15, -0.1) is 0 Å². The molecule has 13 heavy (non-hydrogen) atoms. The molecule has 0 saturated heterocycles. The average molecular weight is 176 g/mol. The number of benzene rings is 1. The summed E-state index contributed by atoms with van der Waals surface area (Å²) in [6.45, 7) is 1.93. The van der Waals surface area contributed by atoms with Crippen molar-refractivity contribution in [3.05, 3.63) is 35.4 Å². The smallest absolute Gasteiger partial charge is 0.214 e. The van der Waals surface area contributed by atoms with Gasteiger partial charge in [0.25, 0.3) is 0 Å². The van der Waals surface area contributed by atoms with Crippen LogP contribution in [0.25, 0.3) is 0 Å². The number of nitrogens with two attached hydrogens (primary N) is 2. The Bertz CT molecular complexity index is 354. The summed E-state index contributed by atoms with van der Waals surface area (Å²) in [6, 6.07) is 7.56. The molecule has 0 radical (unpaired) electrons. The van der Waals surface area contributed by atoms with E-state index in [1.54, 1.807) is 0 Å². The van der Waals surface area contributed by atoms with Gasteiger partial charge in [-0.3, -0.25) is 5.41 Å². The first kappa shape index (κ1) is 9.25. The van der Waals surface area contributed by atoms with Crippen LogP contribution in [0.2, 0.25) is 0 Å². The lowest BCUT2D eigenvalue weighted by atomic mass is 10.1. The molecule has 0 unspecified atom stereocenters. The van der Waals surface area contributed by atoms with Crippen LogP contribution >= 0.6 is 0 Å². The summed E-state index contributed by atoms with van der Waals surface area (Å²) < 4.78 is 0. The summed E-state index contributed by atoms with van der Waals surface area (Å²) in [4.78, 5) is 3.66. The molecule has 0 heterocycles. The minimum Gasteiger partial charge on any atom is -0.383 e. The Hall–Kier alpha value is -1.84. The SMILES string of the molecule is Cc1ccccc1/C(N)=N/C(=N)N. The highest BCUT2D eigenvalue weighted by molar-refractivity contribution is 6.04. The van der Waals surface area contributed by atoms with E-state index in [0.717, 1.165) is 11.1 Å². The molecule has 1 aromatic rings. The number of hydrogen-bond acceptors (Lipinski definition) is 1. The van der Waals surface area contributed by atoms with Crippen LogP contribution in [0, 0.1) is 12.3 Å². The molecular formula is C9H12N4. The van der Waals surface area contributed by atoms with Crippen molar-refractivity contribution in [2.24, 2.45) is 16.5 Å². The van der Waals surface area contributed by atoms with Crippen molar-refractivity contribution in [1.29, 1.82) is 5.41 Å². The molecule has 0 fully saturated rings. The normalized spacial score (nSPS) is 11.3. The highest BCUT2D eigenvalue weighted by Gasteiger charge is 2.01. The predicted octanol–water partition coefficient (Wildman–Crippen LogP) is 0.594. The van der Waals surface area contributed by atoms with E-state index in [2.05, 4.69) is 4.99 Å². The van der Waals surface area contributed by atoms with E-state index in [4.69, 9.17) is 16.9 Å². The summed E-state index contributed by atoms with van der Waals surface area (Å²) >= 11 is 0. The fraction of sp³-hybridized carbons (Fsp3) is 0.111. The van der Waals surface area contributed by atoms with E-state index >= 15 is 0 Å². The number of guanidine groups is 1. The molecule has 0 aliphatic rings. The van der Waals surface area contributed by atoms with E-state index in [1.807, 2.05) is 31.2 Å². The van der Waals surface area contributed by atoms with Crippen LogP contribution in [0.15, 0.2) is 29.3 Å². The molecule has 4 heteroatoms. The van der Waals surface area contributed by atoms with Crippen LogP contribution in [-0.4, -0.2) is 11.8 Å². The molecule has 1 aromatic carbocycles. The second-order valence-electron chi connectivity index (χ2n) is 2.70. The lowest BCUT2D eigenvalue weighted by Crippen LogP contribution is -2.19. The standard InChI is InChI=1S/C9H12N4/c1-6-4-2-3-5-7(6)8(10)13-9(11)12/h2-5H,1H3,(H5,10,11,12,13). The fourth-order valence-corrected chi connectivity index (χ4v) is 1.05. The molecule has 0 aliphatic heterocycles. The predicted molar refractivity (Wildman–Crippen MR) is 53.8 cm³/mol. The summed E-state index contributed by atoms with van der Waals surface area (Å²) in [6.07, 6.45) is 0. The molecule has 0 aromatic heterocycles. The van der Waals surface area contributed by atoms with Crippen LogP contribution in [-0.2, 0) is 0 Å². The zero-order chi connectivity index (χ0) is 9.84. The quantitative estimate of drug-likeness (QED) is 0.432. The topological polar surface area (TPSA) is 88.2 Å². The molecule has 0 bridgehead atoms. The fourth-order valence-electron chi connectivity index (χ4n) is 1.05. The first-order valence-corrected chi connectivity index (χ1v) is 3.85. The van der Waals surface area contributed by atoms with Gasteiger partial charge < -0.3 is 11.5 Å². The Kier molecular flexibility index (Phi) is 2.64. The zero-order valence-corrected chi connectivity index (χ0v) is 7.41. The number of aryl methyl sites for hydroxylation is 1. The third-order valence-corrected chi connectivity index (χ3v) is 1.66. The zero-order valence-electron chi connectivity index (χ0n) is 7.41. The van der Waals surface area contributed by atoms with Gasteiger partial charge in [-0.1, -0.05) is 24.3 Å². The Balaban J connectivity index is 3.08.